The highest BCUT2D eigenvalue weighted by molar-refractivity contribution is 5.31. The summed E-state index contributed by atoms with van der Waals surface area (Å²) >= 11 is 0. The van der Waals surface area contributed by atoms with Gasteiger partial charge in [-0.2, -0.15) is 13.2 Å². The summed E-state index contributed by atoms with van der Waals surface area (Å²) in [6, 6.07) is 5.79. The third kappa shape index (κ3) is 4.20. The normalized spacial score (nSPS) is 19.7. The lowest BCUT2D eigenvalue weighted by Crippen LogP contribution is -2.40. The number of benzene rings is 1. The highest BCUT2D eigenvalue weighted by Crippen LogP contribution is 2.34. The van der Waals surface area contributed by atoms with Gasteiger partial charge in [-0.3, -0.25) is 0 Å². The fourth-order valence-electron chi connectivity index (χ4n) is 2.76. The molecule has 1 atom stereocenters. The van der Waals surface area contributed by atoms with Crippen LogP contribution in [0.1, 0.15) is 35.6 Å². The van der Waals surface area contributed by atoms with Crippen LogP contribution in [0.3, 0.4) is 0 Å². The van der Waals surface area contributed by atoms with Crippen molar-refractivity contribution in [3.8, 4) is 0 Å². The summed E-state index contributed by atoms with van der Waals surface area (Å²) in [6.45, 7) is 5.18. The molecule has 1 fully saturated rings. The highest BCUT2D eigenvalue weighted by atomic mass is 19.4. The summed E-state index contributed by atoms with van der Waals surface area (Å²) in [5.74, 6) is -1.19. The maximum Gasteiger partial charge on any atom is 0.391 e. The van der Waals surface area contributed by atoms with E-state index < -0.39 is 18.2 Å². The molecule has 1 aromatic carbocycles. The minimum atomic E-state index is -4.08. The van der Waals surface area contributed by atoms with E-state index in [2.05, 4.69) is 0 Å². The summed E-state index contributed by atoms with van der Waals surface area (Å²) in [4.78, 5) is 1.92. The number of aryl methyl sites for hydroxylation is 2. The van der Waals surface area contributed by atoms with E-state index in [0.717, 1.165) is 16.7 Å². The molecule has 0 spiro atoms. The monoisotopic (exact) mass is 301 g/mol. The molecule has 2 nitrogen and oxygen atoms in total. The Hall–Kier alpha value is -1.07. The van der Waals surface area contributed by atoms with E-state index >= 15 is 0 Å². The van der Waals surface area contributed by atoms with Crippen LogP contribution in [0.25, 0.3) is 0 Å². The second-order valence-electron chi connectivity index (χ2n) is 5.98. The lowest BCUT2D eigenvalue weighted by Gasteiger charge is -2.34. The van der Waals surface area contributed by atoms with Gasteiger partial charge in [0.15, 0.2) is 0 Å². The maximum absolute atomic E-state index is 12.6. The molecular formula is C16H22F3NO. The molecule has 1 aliphatic rings. The average Bonchev–Trinajstić information content (AvgIpc) is 2.41. The van der Waals surface area contributed by atoms with Crippen molar-refractivity contribution >= 4 is 0 Å². The number of hydrogen-bond acceptors (Lipinski definition) is 2. The average molecular weight is 301 g/mol. The Morgan fingerprint density at radius 1 is 1.19 bits per heavy atom. The highest BCUT2D eigenvalue weighted by Gasteiger charge is 2.41. The summed E-state index contributed by atoms with van der Waals surface area (Å²) in [5, 5.41) is 10.2. The number of rotatable bonds is 3. The number of β-amino-alcohol motifs (C(OH)–C–C–N with tert-alkyl or cyclic N) is 1. The SMILES string of the molecule is Cc1ccc(C(O)CN2CCC(C(F)(F)F)CC2)cc1C. The Balaban J connectivity index is 1.89. The van der Waals surface area contributed by atoms with Crippen molar-refractivity contribution in [2.24, 2.45) is 5.92 Å². The van der Waals surface area contributed by atoms with Crippen molar-refractivity contribution in [2.75, 3.05) is 19.6 Å². The van der Waals surface area contributed by atoms with Gasteiger partial charge in [0.05, 0.1) is 12.0 Å². The Morgan fingerprint density at radius 2 is 1.81 bits per heavy atom. The number of hydrogen-bond donors (Lipinski definition) is 1. The zero-order chi connectivity index (χ0) is 15.6. The van der Waals surface area contributed by atoms with Crippen LogP contribution >= 0.6 is 0 Å². The lowest BCUT2D eigenvalue weighted by molar-refractivity contribution is -0.185. The third-order valence-corrected chi connectivity index (χ3v) is 4.40. The third-order valence-electron chi connectivity index (χ3n) is 4.40. The summed E-state index contributed by atoms with van der Waals surface area (Å²) in [7, 11) is 0. The maximum atomic E-state index is 12.6. The van der Waals surface area contributed by atoms with E-state index in [-0.39, 0.29) is 12.8 Å². The van der Waals surface area contributed by atoms with E-state index in [1.165, 1.54) is 0 Å². The molecule has 1 heterocycles. The molecule has 1 aliphatic heterocycles. The van der Waals surface area contributed by atoms with Crippen molar-refractivity contribution in [1.82, 2.24) is 4.90 Å². The number of aliphatic hydroxyl groups is 1. The zero-order valence-corrected chi connectivity index (χ0v) is 12.5. The van der Waals surface area contributed by atoms with Gasteiger partial charge in [0.2, 0.25) is 0 Å². The van der Waals surface area contributed by atoms with Gasteiger partial charge in [-0.15, -0.1) is 0 Å². The minimum Gasteiger partial charge on any atom is -0.387 e. The Bertz CT molecular complexity index is 479. The number of alkyl halides is 3. The first-order chi connectivity index (χ1) is 9.77. The van der Waals surface area contributed by atoms with Crippen LogP contribution in [0.4, 0.5) is 13.2 Å². The number of halogens is 3. The van der Waals surface area contributed by atoms with Crippen LogP contribution in [-0.4, -0.2) is 35.8 Å². The smallest absolute Gasteiger partial charge is 0.387 e. The van der Waals surface area contributed by atoms with E-state index in [0.29, 0.717) is 19.6 Å². The first kappa shape index (κ1) is 16.3. The van der Waals surface area contributed by atoms with Crippen LogP contribution in [0.5, 0.6) is 0 Å². The van der Waals surface area contributed by atoms with Crippen LogP contribution < -0.4 is 0 Å². The molecule has 1 saturated heterocycles. The molecule has 0 amide bonds. The molecule has 21 heavy (non-hydrogen) atoms. The van der Waals surface area contributed by atoms with Crippen molar-refractivity contribution in [2.45, 2.75) is 39.0 Å². The van der Waals surface area contributed by atoms with Gasteiger partial charge in [0.1, 0.15) is 0 Å². The second-order valence-corrected chi connectivity index (χ2v) is 5.98. The largest absolute Gasteiger partial charge is 0.391 e. The first-order valence-electron chi connectivity index (χ1n) is 7.31. The van der Waals surface area contributed by atoms with Gasteiger partial charge in [-0.1, -0.05) is 18.2 Å². The number of likely N-dealkylation sites (tertiary alicyclic amines) is 1. The molecule has 0 aliphatic carbocycles. The standard InChI is InChI=1S/C16H22F3NO/c1-11-3-4-13(9-12(11)2)15(21)10-20-7-5-14(6-8-20)16(17,18)19/h3-4,9,14-15,21H,5-8,10H2,1-2H3. The predicted octanol–water partition coefficient (Wildman–Crippen LogP) is 3.61. The van der Waals surface area contributed by atoms with Crippen LogP contribution in [0, 0.1) is 19.8 Å². The van der Waals surface area contributed by atoms with Gasteiger partial charge >= 0.3 is 6.18 Å². The van der Waals surface area contributed by atoms with Crippen molar-refractivity contribution < 1.29 is 18.3 Å². The summed E-state index contributed by atoms with van der Waals surface area (Å²) < 4.78 is 37.8. The second kappa shape index (κ2) is 6.36. The molecule has 1 unspecified atom stereocenters. The van der Waals surface area contributed by atoms with E-state index in [1.54, 1.807) is 0 Å². The zero-order valence-electron chi connectivity index (χ0n) is 12.5. The molecule has 0 radical (unpaired) electrons. The molecule has 118 valence electrons. The van der Waals surface area contributed by atoms with Crippen molar-refractivity contribution in [3.63, 3.8) is 0 Å². The molecule has 0 aromatic heterocycles. The summed E-state index contributed by atoms with van der Waals surface area (Å²) in [6.07, 6.45) is -4.47. The Morgan fingerprint density at radius 3 is 2.33 bits per heavy atom. The molecule has 2 rings (SSSR count). The topological polar surface area (TPSA) is 23.5 Å². The predicted molar refractivity (Wildman–Crippen MR) is 76.1 cm³/mol. The molecule has 1 aromatic rings. The molecule has 0 bridgehead atoms. The van der Waals surface area contributed by atoms with Crippen LogP contribution in [0.2, 0.25) is 0 Å². The van der Waals surface area contributed by atoms with Crippen molar-refractivity contribution in [3.05, 3.63) is 34.9 Å². The molecular weight excluding hydrogens is 279 g/mol. The van der Waals surface area contributed by atoms with Gasteiger partial charge in [0, 0.05) is 6.54 Å². The number of aliphatic hydroxyl groups excluding tert-OH is 1. The molecule has 5 heteroatoms. The van der Waals surface area contributed by atoms with Gasteiger partial charge in [-0.25, -0.2) is 0 Å². The quantitative estimate of drug-likeness (QED) is 0.922. The Kier molecular flexibility index (Phi) is 4.94. The number of piperidine rings is 1. The molecule has 1 N–H and O–H groups in total. The van der Waals surface area contributed by atoms with E-state index in [4.69, 9.17) is 0 Å². The lowest BCUT2D eigenvalue weighted by atomic mass is 9.95. The van der Waals surface area contributed by atoms with E-state index in [1.807, 2.05) is 36.9 Å². The summed E-state index contributed by atoms with van der Waals surface area (Å²) in [5.41, 5.74) is 3.11. The number of nitrogens with zero attached hydrogens (tertiary/aromatic N) is 1. The first-order valence-corrected chi connectivity index (χ1v) is 7.31. The van der Waals surface area contributed by atoms with Crippen LogP contribution in [0.15, 0.2) is 18.2 Å². The van der Waals surface area contributed by atoms with Gasteiger partial charge in [-0.05, 0) is 56.5 Å². The molecule has 0 saturated carbocycles. The van der Waals surface area contributed by atoms with Gasteiger partial charge in [0.25, 0.3) is 0 Å². The minimum absolute atomic E-state index is 0.128. The van der Waals surface area contributed by atoms with E-state index in [9.17, 15) is 18.3 Å². The van der Waals surface area contributed by atoms with Crippen molar-refractivity contribution in [1.29, 1.82) is 0 Å². The Labute approximate surface area is 123 Å². The fraction of sp³-hybridized carbons (Fsp3) is 0.625. The van der Waals surface area contributed by atoms with Crippen LogP contribution in [-0.2, 0) is 0 Å². The fourth-order valence-corrected chi connectivity index (χ4v) is 2.76. The van der Waals surface area contributed by atoms with Gasteiger partial charge < -0.3 is 10.0 Å².